The molecule has 1 N–H and O–H groups in total. The summed E-state index contributed by atoms with van der Waals surface area (Å²) in [6, 6.07) is 5.96. The van der Waals surface area contributed by atoms with Crippen LogP contribution in [0.5, 0.6) is 0 Å². The van der Waals surface area contributed by atoms with Crippen LogP contribution in [-0.2, 0) is 13.0 Å². The molecule has 0 radical (unpaired) electrons. The fourth-order valence-corrected chi connectivity index (χ4v) is 4.44. The maximum Gasteiger partial charge on any atom is 0.289 e. The molecule has 0 unspecified atom stereocenters. The third kappa shape index (κ3) is 4.07. The van der Waals surface area contributed by atoms with Gasteiger partial charge in [0, 0.05) is 25.3 Å². The molecule has 1 saturated heterocycles. The quantitative estimate of drug-likeness (QED) is 0.852. The number of fused-ring (bicyclic) bond motifs is 1. The lowest BCUT2D eigenvalue weighted by atomic mass is 10.1. The molecule has 0 atom stereocenters. The summed E-state index contributed by atoms with van der Waals surface area (Å²) < 4.78 is 1.99. The van der Waals surface area contributed by atoms with E-state index >= 15 is 0 Å². The van der Waals surface area contributed by atoms with Gasteiger partial charge in [0.1, 0.15) is 0 Å². The van der Waals surface area contributed by atoms with Crippen molar-refractivity contribution in [1.82, 2.24) is 14.5 Å². The van der Waals surface area contributed by atoms with Crippen LogP contribution >= 0.6 is 0 Å². The highest BCUT2D eigenvalue weighted by molar-refractivity contribution is 6.05. The third-order valence-electron chi connectivity index (χ3n) is 6.05. The van der Waals surface area contributed by atoms with E-state index in [4.69, 9.17) is 0 Å². The van der Waals surface area contributed by atoms with Gasteiger partial charge in [-0.25, -0.2) is 4.98 Å². The van der Waals surface area contributed by atoms with Crippen molar-refractivity contribution in [1.29, 1.82) is 0 Å². The molecule has 0 aliphatic carbocycles. The van der Waals surface area contributed by atoms with Crippen molar-refractivity contribution < 1.29 is 9.59 Å². The number of hydrogen-bond acceptors (Lipinski definition) is 3. The van der Waals surface area contributed by atoms with Crippen LogP contribution in [0.1, 0.15) is 76.5 Å². The number of nitrogens with one attached hydrogen (secondary N) is 1. The lowest BCUT2D eigenvalue weighted by Gasteiger charge is -2.22. The summed E-state index contributed by atoms with van der Waals surface area (Å²) in [6.07, 6.45) is 7.25. The van der Waals surface area contributed by atoms with Crippen molar-refractivity contribution in [3.05, 3.63) is 46.5 Å². The van der Waals surface area contributed by atoms with Crippen molar-refractivity contribution in [2.45, 2.75) is 65.3 Å². The monoisotopic (exact) mass is 394 g/mol. The Labute approximate surface area is 172 Å². The fraction of sp³-hybridized carbons (Fsp3) is 0.522. The van der Waals surface area contributed by atoms with Crippen LogP contribution in [0.25, 0.3) is 0 Å². The molecule has 2 aliphatic heterocycles. The zero-order chi connectivity index (χ0) is 20.4. The predicted molar refractivity (Wildman–Crippen MR) is 113 cm³/mol. The van der Waals surface area contributed by atoms with Gasteiger partial charge in [-0.05, 0) is 57.6 Å². The molecule has 2 amide bonds. The number of amides is 2. The lowest BCUT2D eigenvalue weighted by Crippen LogP contribution is -2.34. The van der Waals surface area contributed by atoms with Crippen molar-refractivity contribution in [3.8, 4) is 0 Å². The summed E-state index contributed by atoms with van der Waals surface area (Å²) in [5.74, 6) is 0.186. The largest absolute Gasteiger partial charge is 0.336 e. The molecule has 154 valence electrons. The van der Waals surface area contributed by atoms with E-state index in [0.29, 0.717) is 11.5 Å². The average Bonchev–Trinajstić information content (AvgIpc) is 2.89. The lowest BCUT2D eigenvalue weighted by molar-refractivity contribution is 0.0743. The average molecular weight is 395 g/mol. The molecular weight excluding hydrogens is 364 g/mol. The molecule has 2 aromatic rings. The highest BCUT2D eigenvalue weighted by Gasteiger charge is 2.30. The highest BCUT2D eigenvalue weighted by Crippen LogP contribution is 2.24. The molecule has 6 heteroatoms. The van der Waals surface area contributed by atoms with Crippen molar-refractivity contribution in [3.63, 3.8) is 0 Å². The van der Waals surface area contributed by atoms with E-state index in [1.807, 2.05) is 41.5 Å². The zero-order valence-electron chi connectivity index (χ0n) is 17.5. The van der Waals surface area contributed by atoms with Gasteiger partial charge in [-0.2, -0.15) is 0 Å². The number of aromatic nitrogens is 2. The summed E-state index contributed by atoms with van der Waals surface area (Å²) in [7, 11) is 0. The molecule has 3 heterocycles. The van der Waals surface area contributed by atoms with Gasteiger partial charge in [-0.15, -0.1) is 0 Å². The molecule has 0 spiro atoms. The van der Waals surface area contributed by atoms with Crippen LogP contribution < -0.4 is 5.32 Å². The third-order valence-corrected chi connectivity index (χ3v) is 6.05. The van der Waals surface area contributed by atoms with Crippen LogP contribution in [0, 0.1) is 13.8 Å². The summed E-state index contributed by atoms with van der Waals surface area (Å²) >= 11 is 0. The first-order valence-electron chi connectivity index (χ1n) is 10.8. The summed E-state index contributed by atoms with van der Waals surface area (Å²) in [5, 5.41) is 3.01. The van der Waals surface area contributed by atoms with Gasteiger partial charge >= 0.3 is 0 Å². The Morgan fingerprint density at radius 3 is 2.41 bits per heavy atom. The predicted octanol–water partition coefficient (Wildman–Crippen LogP) is 4.10. The second-order valence-corrected chi connectivity index (χ2v) is 8.32. The van der Waals surface area contributed by atoms with Crippen molar-refractivity contribution in [2.75, 3.05) is 18.4 Å². The number of carbonyl (C=O) groups excluding carboxylic acids is 2. The van der Waals surface area contributed by atoms with E-state index in [9.17, 15) is 9.59 Å². The SMILES string of the molecule is Cc1ccc(NC(=O)c2nc(C(=O)N3CCCCCC3)n3c2CCCC3)c(C)c1. The number of imidazole rings is 1. The number of aryl methyl sites for hydroxylation is 2. The first-order valence-corrected chi connectivity index (χ1v) is 10.8. The number of nitrogens with zero attached hydrogens (tertiary/aromatic N) is 3. The van der Waals surface area contributed by atoms with E-state index in [2.05, 4.69) is 10.3 Å². The van der Waals surface area contributed by atoms with Gasteiger partial charge < -0.3 is 14.8 Å². The minimum Gasteiger partial charge on any atom is -0.336 e. The minimum atomic E-state index is -0.225. The number of anilines is 1. The van der Waals surface area contributed by atoms with E-state index in [1.54, 1.807) is 0 Å². The summed E-state index contributed by atoms with van der Waals surface area (Å²) in [5.41, 5.74) is 4.27. The Bertz CT molecular complexity index is 923. The Balaban J connectivity index is 1.63. The summed E-state index contributed by atoms with van der Waals surface area (Å²) in [4.78, 5) is 32.8. The van der Waals surface area contributed by atoms with Crippen LogP contribution in [0.4, 0.5) is 5.69 Å². The van der Waals surface area contributed by atoms with Crippen LogP contribution in [0.15, 0.2) is 18.2 Å². The van der Waals surface area contributed by atoms with E-state index < -0.39 is 0 Å². The number of benzene rings is 1. The first-order chi connectivity index (χ1) is 14.0. The topological polar surface area (TPSA) is 67.2 Å². The van der Waals surface area contributed by atoms with Gasteiger partial charge in [-0.1, -0.05) is 30.5 Å². The van der Waals surface area contributed by atoms with Gasteiger partial charge in [-0.3, -0.25) is 9.59 Å². The van der Waals surface area contributed by atoms with Gasteiger partial charge in [0.05, 0.1) is 5.69 Å². The molecular formula is C23H30N4O2. The second kappa shape index (κ2) is 8.39. The van der Waals surface area contributed by atoms with Crippen LogP contribution in [0.2, 0.25) is 0 Å². The van der Waals surface area contributed by atoms with E-state index in [0.717, 1.165) is 74.2 Å². The van der Waals surface area contributed by atoms with E-state index in [-0.39, 0.29) is 11.8 Å². The van der Waals surface area contributed by atoms with Crippen molar-refractivity contribution >= 4 is 17.5 Å². The Hall–Kier alpha value is -2.63. The first kappa shape index (κ1) is 19.7. The van der Waals surface area contributed by atoms with Gasteiger partial charge in [0.25, 0.3) is 11.8 Å². The van der Waals surface area contributed by atoms with Crippen molar-refractivity contribution in [2.24, 2.45) is 0 Å². The number of hydrogen-bond donors (Lipinski definition) is 1. The highest BCUT2D eigenvalue weighted by atomic mass is 16.2. The number of likely N-dealkylation sites (tertiary alicyclic amines) is 1. The maximum atomic E-state index is 13.2. The van der Waals surface area contributed by atoms with Gasteiger partial charge in [0.2, 0.25) is 0 Å². The smallest absolute Gasteiger partial charge is 0.289 e. The summed E-state index contributed by atoms with van der Waals surface area (Å²) in [6.45, 7) is 6.34. The Kier molecular flexibility index (Phi) is 5.69. The maximum absolute atomic E-state index is 13.2. The molecule has 1 fully saturated rings. The molecule has 6 nitrogen and oxygen atoms in total. The number of rotatable bonds is 3. The molecule has 0 bridgehead atoms. The molecule has 0 saturated carbocycles. The fourth-order valence-electron chi connectivity index (χ4n) is 4.44. The molecule has 4 rings (SSSR count). The second-order valence-electron chi connectivity index (χ2n) is 8.32. The number of carbonyl (C=O) groups is 2. The van der Waals surface area contributed by atoms with Crippen LogP contribution in [-0.4, -0.2) is 39.4 Å². The molecule has 1 aromatic carbocycles. The Morgan fingerprint density at radius 1 is 0.966 bits per heavy atom. The zero-order valence-corrected chi connectivity index (χ0v) is 17.5. The molecule has 2 aliphatic rings. The van der Waals surface area contributed by atoms with Gasteiger partial charge in [0.15, 0.2) is 11.5 Å². The molecule has 1 aromatic heterocycles. The Morgan fingerprint density at radius 2 is 1.69 bits per heavy atom. The van der Waals surface area contributed by atoms with Crippen LogP contribution in [0.3, 0.4) is 0 Å². The standard InChI is InChI=1S/C23H30N4O2/c1-16-10-11-18(17(2)15-16)24-22(28)20-19-9-5-8-14-27(19)21(25-20)23(29)26-12-6-3-4-7-13-26/h10-11,15H,3-9,12-14H2,1-2H3,(H,24,28). The normalized spacial score (nSPS) is 16.8. The minimum absolute atomic E-state index is 0.0272. The van der Waals surface area contributed by atoms with E-state index in [1.165, 1.54) is 12.8 Å². The molecule has 29 heavy (non-hydrogen) atoms.